The molecule has 0 aliphatic heterocycles. The van der Waals surface area contributed by atoms with Crippen molar-refractivity contribution in [2.24, 2.45) is 0 Å². The van der Waals surface area contributed by atoms with Crippen molar-refractivity contribution >= 4 is 27.3 Å². The molecule has 0 unspecified atom stereocenters. The summed E-state index contributed by atoms with van der Waals surface area (Å²) in [5.41, 5.74) is -0.0168. The van der Waals surface area contributed by atoms with E-state index in [1.807, 2.05) is 13.0 Å². The predicted octanol–water partition coefficient (Wildman–Crippen LogP) is 3.44. The van der Waals surface area contributed by atoms with Crippen molar-refractivity contribution < 1.29 is 17.9 Å². The van der Waals surface area contributed by atoms with Gasteiger partial charge in [-0.25, -0.2) is 13.1 Å². The summed E-state index contributed by atoms with van der Waals surface area (Å²) in [6.45, 7) is 2.84. The Morgan fingerprint density at radius 1 is 1.17 bits per heavy atom. The van der Waals surface area contributed by atoms with Crippen molar-refractivity contribution in [3.8, 4) is 5.75 Å². The van der Waals surface area contributed by atoms with Crippen LogP contribution in [0.1, 0.15) is 43.9 Å². The lowest BCUT2D eigenvalue weighted by atomic mass is 9.84. The fourth-order valence-electron chi connectivity index (χ4n) is 3.65. The molecule has 6 nitrogen and oxygen atoms in total. The number of carbonyl (C=O) groups excluding carboxylic acids is 1. The van der Waals surface area contributed by atoms with Gasteiger partial charge in [0, 0.05) is 16.8 Å². The van der Waals surface area contributed by atoms with Crippen LogP contribution in [0.15, 0.2) is 46.7 Å². The Morgan fingerprint density at radius 3 is 2.52 bits per heavy atom. The molecule has 29 heavy (non-hydrogen) atoms. The number of benzene rings is 1. The average Bonchev–Trinajstić information content (AvgIpc) is 3.42. The molecule has 1 heterocycles. The monoisotopic (exact) mass is 436 g/mol. The van der Waals surface area contributed by atoms with Crippen LogP contribution in [0.3, 0.4) is 0 Å². The molecule has 3 rings (SSSR count). The smallest absolute Gasteiger partial charge is 0.241 e. The van der Waals surface area contributed by atoms with Crippen molar-refractivity contribution in [1.29, 1.82) is 0 Å². The molecule has 1 amide bonds. The van der Waals surface area contributed by atoms with E-state index in [4.69, 9.17) is 4.74 Å². The first kappa shape index (κ1) is 21.8. The van der Waals surface area contributed by atoms with E-state index in [9.17, 15) is 13.2 Å². The lowest BCUT2D eigenvalue weighted by Crippen LogP contribution is -2.43. The van der Waals surface area contributed by atoms with Gasteiger partial charge in [0.2, 0.25) is 15.9 Å². The summed E-state index contributed by atoms with van der Waals surface area (Å²) in [6.07, 6.45) is 5.28. The highest BCUT2D eigenvalue weighted by atomic mass is 32.2. The number of nitrogens with one attached hydrogen (secondary N) is 2. The molecule has 158 valence electrons. The molecule has 0 radical (unpaired) electrons. The van der Waals surface area contributed by atoms with E-state index in [-0.39, 0.29) is 22.8 Å². The Labute approximate surface area is 176 Å². The van der Waals surface area contributed by atoms with E-state index in [0.29, 0.717) is 18.9 Å². The Balaban J connectivity index is 1.53. The van der Waals surface area contributed by atoms with Crippen molar-refractivity contribution in [2.75, 3.05) is 19.7 Å². The second kappa shape index (κ2) is 9.73. The summed E-state index contributed by atoms with van der Waals surface area (Å²) in [5.74, 6) is 0.304. The highest BCUT2D eigenvalue weighted by Gasteiger charge is 2.36. The van der Waals surface area contributed by atoms with Crippen molar-refractivity contribution in [2.45, 2.75) is 49.3 Å². The molecule has 1 saturated carbocycles. The number of thiophene rings is 1. The molecule has 2 aromatic rings. The maximum Gasteiger partial charge on any atom is 0.241 e. The van der Waals surface area contributed by atoms with E-state index >= 15 is 0 Å². The van der Waals surface area contributed by atoms with Gasteiger partial charge >= 0.3 is 0 Å². The molecule has 1 aliphatic rings. The van der Waals surface area contributed by atoms with Gasteiger partial charge in [-0.2, -0.15) is 0 Å². The van der Waals surface area contributed by atoms with Gasteiger partial charge in [0.1, 0.15) is 5.75 Å². The van der Waals surface area contributed by atoms with Gasteiger partial charge in [-0.1, -0.05) is 25.8 Å². The summed E-state index contributed by atoms with van der Waals surface area (Å²) in [7, 11) is -3.75. The lowest BCUT2D eigenvalue weighted by Gasteiger charge is -2.28. The van der Waals surface area contributed by atoms with Gasteiger partial charge in [0.05, 0.1) is 18.0 Å². The van der Waals surface area contributed by atoms with Crippen LogP contribution in [0, 0.1) is 0 Å². The highest BCUT2D eigenvalue weighted by molar-refractivity contribution is 7.89. The van der Waals surface area contributed by atoms with E-state index in [2.05, 4.69) is 21.5 Å². The van der Waals surface area contributed by atoms with E-state index in [1.54, 1.807) is 23.5 Å². The van der Waals surface area contributed by atoms with Gasteiger partial charge in [0.25, 0.3) is 0 Å². The van der Waals surface area contributed by atoms with Crippen LogP contribution in [-0.2, 0) is 20.2 Å². The number of sulfonamides is 1. The number of hydrogen-bond donors (Lipinski definition) is 2. The van der Waals surface area contributed by atoms with Crippen LogP contribution in [-0.4, -0.2) is 34.0 Å². The Bertz CT molecular complexity index is 887. The molecular formula is C21H28N2O4S2. The van der Waals surface area contributed by atoms with Gasteiger partial charge < -0.3 is 10.1 Å². The molecule has 0 saturated heterocycles. The quantitative estimate of drug-likeness (QED) is 0.598. The maximum absolute atomic E-state index is 12.4. The largest absolute Gasteiger partial charge is 0.494 e. The molecule has 1 aliphatic carbocycles. The van der Waals surface area contributed by atoms with Crippen LogP contribution in [0.5, 0.6) is 5.75 Å². The summed E-state index contributed by atoms with van der Waals surface area (Å²) in [5, 5.41) is 4.99. The normalized spacial score (nSPS) is 15.9. The number of ether oxygens (including phenoxy) is 1. The number of hydrogen-bond acceptors (Lipinski definition) is 5. The molecule has 0 atom stereocenters. The summed E-state index contributed by atoms with van der Waals surface area (Å²) in [4.78, 5) is 13.7. The number of rotatable bonds is 10. The lowest BCUT2D eigenvalue weighted by molar-refractivity contribution is -0.120. The first-order chi connectivity index (χ1) is 14.0. The molecule has 1 fully saturated rings. The van der Waals surface area contributed by atoms with Crippen LogP contribution >= 0.6 is 11.3 Å². The zero-order valence-electron chi connectivity index (χ0n) is 16.6. The molecule has 2 N–H and O–H groups in total. The fraction of sp³-hybridized carbons (Fsp3) is 0.476. The standard InChI is InChI=1S/C21H28N2O4S2/c1-2-13-27-17-7-9-18(10-8-17)29(25,26)23-15-20(24)22-16-21(11-3-4-12-21)19-6-5-14-28-19/h5-10,14,23H,2-4,11-13,15-16H2,1H3,(H,22,24). The van der Waals surface area contributed by atoms with Crippen molar-refractivity contribution in [3.05, 3.63) is 46.7 Å². The second-order valence-electron chi connectivity index (χ2n) is 7.39. The number of carbonyl (C=O) groups is 1. The number of amides is 1. The molecule has 0 bridgehead atoms. The molecule has 1 aromatic carbocycles. The summed E-state index contributed by atoms with van der Waals surface area (Å²) in [6, 6.07) is 10.4. The molecular weight excluding hydrogens is 408 g/mol. The van der Waals surface area contributed by atoms with Crippen LogP contribution in [0.25, 0.3) is 0 Å². The molecule has 8 heteroatoms. The van der Waals surface area contributed by atoms with Crippen LogP contribution in [0.4, 0.5) is 0 Å². The first-order valence-corrected chi connectivity index (χ1v) is 12.3. The Morgan fingerprint density at radius 2 is 1.90 bits per heavy atom. The summed E-state index contributed by atoms with van der Waals surface area (Å²) < 4.78 is 32.7. The maximum atomic E-state index is 12.4. The topological polar surface area (TPSA) is 84.5 Å². The van der Waals surface area contributed by atoms with Crippen molar-refractivity contribution in [3.63, 3.8) is 0 Å². The molecule has 0 spiro atoms. The van der Waals surface area contributed by atoms with Crippen LogP contribution in [0.2, 0.25) is 0 Å². The predicted molar refractivity (Wildman–Crippen MR) is 115 cm³/mol. The highest BCUT2D eigenvalue weighted by Crippen LogP contribution is 2.42. The Hall–Kier alpha value is -1.90. The second-order valence-corrected chi connectivity index (χ2v) is 10.1. The van der Waals surface area contributed by atoms with E-state index in [0.717, 1.165) is 32.1 Å². The van der Waals surface area contributed by atoms with E-state index < -0.39 is 10.0 Å². The SMILES string of the molecule is CCCOc1ccc(S(=O)(=O)NCC(=O)NCC2(c3cccs3)CCCC2)cc1. The Kier molecular flexibility index (Phi) is 7.32. The zero-order valence-corrected chi connectivity index (χ0v) is 18.3. The first-order valence-electron chi connectivity index (χ1n) is 9.98. The minimum Gasteiger partial charge on any atom is -0.494 e. The summed E-state index contributed by atoms with van der Waals surface area (Å²) >= 11 is 1.72. The van der Waals surface area contributed by atoms with Gasteiger partial charge in [-0.05, 0) is 55.0 Å². The van der Waals surface area contributed by atoms with Gasteiger partial charge in [-0.3, -0.25) is 4.79 Å². The minimum atomic E-state index is -3.75. The zero-order chi connectivity index (χ0) is 20.7. The van der Waals surface area contributed by atoms with Crippen LogP contribution < -0.4 is 14.8 Å². The third-order valence-corrected chi connectivity index (χ3v) is 7.79. The third kappa shape index (κ3) is 5.58. The van der Waals surface area contributed by atoms with Gasteiger partial charge in [-0.15, -0.1) is 11.3 Å². The van der Waals surface area contributed by atoms with E-state index in [1.165, 1.54) is 17.0 Å². The van der Waals surface area contributed by atoms with Gasteiger partial charge in [0.15, 0.2) is 0 Å². The molecule has 1 aromatic heterocycles. The average molecular weight is 437 g/mol. The fourth-order valence-corrected chi connectivity index (χ4v) is 5.62. The third-order valence-electron chi connectivity index (χ3n) is 5.26. The van der Waals surface area contributed by atoms with Crippen molar-refractivity contribution in [1.82, 2.24) is 10.0 Å². The minimum absolute atomic E-state index is 0.0168.